The molecular weight excluding hydrogens is 372 g/mol. The molecule has 24 heavy (non-hydrogen) atoms. The number of rotatable bonds is 4. The molecule has 2 amide bonds. The van der Waals surface area contributed by atoms with E-state index in [2.05, 4.69) is 31.5 Å². The van der Waals surface area contributed by atoms with Crippen LogP contribution in [0.1, 0.15) is 5.56 Å². The van der Waals surface area contributed by atoms with Gasteiger partial charge in [0.05, 0.1) is 0 Å². The van der Waals surface area contributed by atoms with E-state index >= 15 is 0 Å². The topological polar surface area (TPSA) is 74.3 Å². The van der Waals surface area contributed by atoms with Crippen LogP contribution in [0.15, 0.2) is 47.1 Å². The van der Waals surface area contributed by atoms with Gasteiger partial charge in [-0.05, 0) is 36.2 Å². The number of fused-ring (bicyclic) bond motifs is 1. The molecule has 0 saturated heterocycles. The normalized spacial score (nSPS) is 12.6. The van der Waals surface area contributed by atoms with E-state index in [1.165, 1.54) is 4.90 Å². The monoisotopic (exact) mass is 388 g/mol. The van der Waals surface area contributed by atoms with Gasteiger partial charge in [0.1, 0.15) is 5.82 Å². The van der Waals surface area contributed by atoms with Gasteiger partial charge in [-0.2, -0.15) is 0 Å². The SMILES string of the molecule is O=C(NCCNc1ccccn1)C(=O)N1CCc2ccc(Br)cc21. The van der Waals surface area contributed by atoms with Crippen LogP contribution in [0.4, 0.5) is 11.5 Å². The van der Waals surface area contributed by atoms with Crippen molar-refractivity contribution < 1.29 is 9.59 Å². The van der Waals surface area contributed by atoms with Crippen LogP contribution in [-0.4, -0.2) is 36.4 Å². The summed E-state index contributed by atoms with van der Waals surface area (Å²) in [6, 6.07) is 11.3. The number of aromatic nitrogens is 1. The standard InChI is InChI=1S/C17H17BrN4O2/c18-13-5-4-12-6-10-22(14(12)11-13)17(24)16(23)21-9-8-20-15-3-1-2-7-19-15/h1-5,7,11H,6,8-10H2,(H,19,20)(H,21,23). The molecule has 0 saturated carbocycles. The van der Waals surface area contributed by atoms with Gasteiger partial charge in [-0.25, -0.2) is 4.98 Å². The number of benzene rings is 1. The molecule has 1 aliphatic rings. The van der Waals surface area contributed by atoms with Crippen LogP contribution in [0.3, 0.4) is 0 Å². The minimum absolute atomic E-state index is 0.348. The zero-order valence-corrected chi connectivity index (χ0v) is 14.5. The van der Waals surface area contributed by atoms with Gasteiger partial charge in [-0.1, -0.05) is 28.1 Å². The molecule has 0 bridgehead atoms. The Balaban J connectivity index is 1.51. The molecule has 124 valence electrons. The van der Waals surface area contributed by atoms with Gasteiger partial charge in [0, 0.05) is 36.0 Å². The molecule has 3 rings (SSSR count). The zero-order valence-electron chi connectivity index (χ0n) is 13.0. The number of nitrogens with zero attached hydrogens (tertiary/aromatic N) is 2. The predicted molar refractivity (Wildman–Crippen MR) is 95.9 cm³/mol. The highest BCUT2D eigenvalue weighted by atomic mass is 79.9. The summed E-state index contributed by atoms with van der Waals surface area (Å²) in [6.45, 7) is 1.38. The lowest BCUT2D eigenvalue weighted by atomic mass is 10.2. The van der Waals surface area contributed by atoms with Gasteiger partial charge in [0.2, 0.25) is 0 Å². The van der Waals surface area contributed by atoms with Crippen LogP contribution in [0, 0.1) is 0 Å². The average molecular weight is 389 g/mol. The molecule has 6 nitrogen and oxygen atoms in total. The molecule has 0 radical (unpaired) electrons. The van der Waals surface area contributed by atoms with Crippen molar-refractivity contribution >= 4 is 39.2 Å². The Morgan fingerprint density at radius 1 is 1.21 bits per heavy atom. The van der Waals surface area contributed by atoms with Gasteiger partial charge in [-0.3, -0.25) is 9.59 Å². The first-order valence-corrected chi connectivity index (χ1v) is 8.47. The van der Waals surface area contributed by atoms with Crippen molar-refractivity contribution in [3.63, 3.8) is 0 Å². The zero-order chi connectivity index (χ0) is 16.9. The van der Waals surface area contributed by atoms with Crippen molar-refractivity contribution in [1.82, 2.24) is 10.3 Å². The number of anilines is 2. The maximum absolute atomic E-state index is 12.3. The number of halogens is 1. The van der Waals surface area contributed by atoms with E-state index in [0.717, 1.165) is 28.0 Å². The lowest BCUT2D eigenvalue weighted by Gasteiger charge is -2.17. The lowest BCUT2D eigenvalue weighted by Crippen LogP contribution is -2.43. The van der Waals surface area contributed by atoms with Crippen molar-refractivity contribution in [2.75, 3.05) is 29.9 Å². The highest BCUT2D eigenvalue weighted by molar-refractivity contribution is 9.10. The number of nitrogens with one attached hydrogen (secondary N) is 2. The van der Waals surface area contributed by atoms with E-state index < -0.39 is 11.8 Å². The summed E-state index contributed by atoms with van der Waals surface area (Å²) in [5.41, 5.74) is 1.88. The summed E-state index contributed by atoms with van der Waals surface area (Å²) in [5.74, 6) is -0.383. The van der Waals surface area contributed by atoms with E-state index in [1.807, 2.05) is 36.4 Å². The highest BCUT2D eigenvalue weighted by Gasteiger charge is 2.28. The van der Waals surface area contributed by atoms with Gasteiger partial charge < -0.3 is 15.5 Å². The van der Waals surface area contributed by atoms with Gasteiger partial charge in [0.15, 0.2) is 0 Å². The first kappa shape index (κ1) is 16.4. The van der Waals surface area contributed by atoms with Crippen LogP contribution < -0.4 is 15.5 Å². The maximum atomic E-state index is 12.3. The molecule has 2 N–H and O–H groups in total. The van der Waals surface area contributed by atoms with Crippen LogP contribution >= 0.6 is 15.9 Å². The Bertz CT molecular complexity index is 752. The van der Waals surface area contributed by atoms with Crippen LogP contribution in [0.2, 0.25) is 0 Å². The van der Waals surface area contributed by atoms with Crippen LogP contribution in [0.5, 0.6) is 0 Å². The third kappa shape index (κ3) is 3.73. The molecule has 0 atom stereocenters. The highest BCUT2D eigenvalue weighted by Crippen LogP contribution is 2.30. The minimum Gasteiger partial charge on any atom is -0.368 e. The van der Waals surface area contributed by atoms with Crippen molar-refractivity contribution in [2.45, 2.75) is 6.42 Å². The Morgan fingerprint density at radius 2 is 2.08 bits per heavy atom. The summed E-state index contributed by atoms with van der Waals surface area (Å²) in [6.07, 6.45) is 2.45. The van der Waals surface area contributed by atoms with E-state index in [9.17, 15) is 9.59 Å². The Kier molecular flexibility index (Phi) is 5.10. The van der Waals surface area contributed by atoms with E-state index in [0.29, 0.717) is 19.6 Å². The minimum atomic E-state index is -0.592. The molecule has 1 aliphatic heterocycles. The molecular formula is C17H17BrN4O2. The second-order valence-electron chi connectivity index (χ2n) is 5.38. The lowest BCUT2D eigenvalue weighted by molar-refractivity contribution is -0.137. The quantitative estimate of drug-likeness (QED) is 0.620. The predicted octanol–water partition coefficient (Wildman–Crippen LogP) is 1.96. The van der Waals surface area contributed by atoms with E-state index in [-0.39, 0.29) is 0 Å². The first-order valence-electron chi connectivity index (χ1n) is 7.68. The molecule has 0 unspecified atom stereocenters. The van der Waals surface area contributed by atoms with Crippen LogP contribution in [0.25, 0.3) is 0 Å². The number of carbonyl (C=O) groups excluding carboxylic acids is 2. The molecule has 0 aliphatic carbocycles. The fraction of sp³-hybridized carbons (Fsp3) is 0.235. The fourth-order valence-electron chi connectivity index (χ4n) is 2.60. The summed E-state index contributed by atoms with van der Waals surface area (Å²) in [4.78, 5) is 30.1. The number of amides is 2. The summed E-state index contributed by atoms with van der Waals surface area (Å²) in [5, 5.41) is 5.72. The summed E-state index contributed by atoms with van der Waals surface area (Å²) < 4.78 is 0.890. The Labute approximate surface area is 148 Å². The van der Waals surface area contributed by atoms with E-state index in [4.69, 9.17) is 0 Å². The fourth-order valence-corrected chi connectivity index (χ4v) is 2.94. The third-order valence-electron chi connectivity index (χ3n) is 3.76. The molecule has 1 aromatic heterocycles. The summed E-state index contributed by atoms with van der Waals surface area (Å²) >= 11 is 3.40. The number of hydrogen-bond acceptors (Lipinski definition) is 4. The van der Waals surface area contributed by atoms with Crippen molar-refractivity contribution in [1.29, 1.82) is 0 Å². The molecule has 7 heteroatoms. The van der Waals surface area contributed by atoms with Crippen molar-refractivity contribution in [3.05, 3.63) is 52.6 Å². The third-order valence-corrected chi connectivity index (χ3v) is 4.26. The van der Waals surface area contributed by atoms with Crippen molar-refractivity contribution in [3.8, 4) is 0 Å². The largest absolute Gasteiger partial charge is 0.368 e. The van der Waals surface area contributed by atoms with E-state index in [1.54, 1.807) is 6.20 Å². The smallest absolute Gasteiger partial charge is 0.316 e. The number of carbonyl (C=O) groups is 2. The Morgan fingerprint density at radius 3 is 2.88 bits per heavy atom. The second-order valence-corrected chi connectivity index (χ2v) is 6.29. The van der Waals surface area contributed by atoms with Crippen molar-refractivity contribution in [2.24, 2.45) is 0 Å². The molecule has 0 fully saturated rings. The molecule has 1 aromatic carbocycles. The maximum Gasteiger partial charge on any atom is 0.316 e. The van der Waals surface area contributed by atoms with Gasteiger partial charge >= 0.3 is 11.8 Å². The number of hydrogen-bond donors (Lipinski definition) is 2. The molecule has 2 aromatic rings. The number of pyridine rings is 1. The molecule has 0 spiro atoms. The first-order chi connectivity index (χ1) is 11.6. The average Bonchev–Trinajstić information content (AvgIpc) is 3.01. The van der Waals surface area contributed by atoms with Crippen LogP contribution in [-0.2, 0) is 16.0 Å². The Hall–Kier alpha value is -2.41. The van der Waals surface area contributed by atoms with Gasteiger partial charge in [-0.15, -0.1) is 0 Å². The molecule has 2 heterocycles. The van der Waals surface area contributed by atoms with Gasteiger partial charge in [0.25, 0.3) is 0 Å². The second kappa shape index (κ2) is 7.44. The summed E-state index contributed by atoms with van der Waals surface area (Å²) in [7, 11) is 0.